The Balaban J connectivity index is 0.813. The summed E-state index contributed by atoms with van der Waals surface area (Å²) in [6.07, 6.45) is 6.61. The van der Waals surface area contributed by atoms with Gasteiger partial charge in [-0.25, -0.2) is 0 Å². The molecule has 0 spiro atoms. The number of rotatable bonds is 13. The number of piperidine rings is 2. The number of likely N-dealkylation sites (tertiary alicyclic amines) is 2. The number of ether oxygens (including phenoxy) is 2. The molecule has 1 unspecified atom stereocenters. The van der Waals surface area contributed by atoms with Gasteiger partial charge in [-0.1, -0.05) is 39.3 Å². The van der Waals surface area contributed by atoms with Gasteiger partial charge < -0.3 is 19.7 Å². The molecule has 15 heteroatoms. The van der Waals surface area contributed by atoms with Gasteiger partial charge in [0.1, 0.15) is 35.4 Å². The van der Waals surface area contributed by atoms with Gasteiger partial charge in [-0.15, -0.1) is 0 Å². The van der Waals surface area contributed by atoms with Gasteiger partial charge in [-0.3, -0.25) is 38.5 Å². The van der Waals surface area contributed by atoms with Crippen LogP contribution in [0, 0.1) is 22.2 Å². The third-order valence-electron chi connectivity index (χ3n) is 12.4. The lowest BCUT2D eigenvalue weighted by Crippen LogP contribution is -2.74. The van der Waals surface area contributed by atoms with Crippen molar-refractivity contribution in [2.75, 3.05) is 33.3 Å². The number of nitriles is 1. The standard InChI is InChI=1S/C43H50ClN7O7/c1-42(2)40(43(3,4)41(42)58-29-10-9-26(25-45)32(44)24-29)46-36(53)33-17-21-50(47-33)27-15-19-49(20-16-27)18-7-6-8-22-57-28-11-12-30-31(23-28)38(55)51(37(30)54)34-13-14-35(52)48(5)39(34)56/h9-12,17,21,23-24,27,34,40-41H,6-8,13-16,18-20,22H2,1-5H3,(H,46,53)/t34?,40-,41-. The monoisotopic (exact) mass is 811 g/mol. The van der Waals surface area contributed by atoms with Crippen molar-refractivity contribution in [1.82, 2.24) is 29.8 Å². The van der Waals surface area contributed by atoms with Crippen molar-refractivity contribution in [3.8, 4) is 17.6 Å². The molecule has 4 aliphatic rings. The van der Waals surface area contributed by atoms with Crippen molar-refractivity contribution < 1.29 is 33.4 Å². The third-order valence-corrected chi connectivity index (χ3v) is 12.7. The number of carbonyl (C=O) groups is 5. The van der Waals surface area contributed by atoms with Crippen LogP contribution >= 0.6 is 11.6 Å². The zero-order chi connectivity index (χ0) is 41.5. The maximum Gasteiger partial charge on any atom is 0.272 e. The van der Waals surface area contributed by atoms with Crippen LogP contribution in [-0.4, -0.2) is 105 Å². The van der Waals surface area contributed by atoms with Crippen molar-refractivity contribution in [2.45, 2.75) is 96.9 Å². The number of nitrogens with one attached hydrogen (secondary N) is 1. The summed E-state index contributed by atoms with van der Waals surface area (Å²) in [6.45, 7) is 11.6. The molecule has 5 amide bonds. The maximum atomic E-state index is 13.4. The number of aromatic nitrogens is 2. The molecule has 1 saturated carbocycles. The van der Waals surface area contributed by atoms with Crippen LogP contribution in [0.4, 0.5) is 0 Å². The maximum absolute atomic E-state index is 13.4. The second-order valence-corrected chi connectivity index (χ2v) is 17.4. The average Bonchev–Trinajstić information content (AvgIpc) is 3.79. The van der Waals surface area contributed by atoms with E-state index in [4.69, 9.17) is 26.2 Å². The fraction of sp³-hybridized carbons (Fsp3) is 0.512. The van der Waals surface area contributed by atoms with Gasteiger partial charge in [0.15, 0.2) is 0 Å². The lowest BCUT2D eigenvalue weighted by atomic mass is 9.49. The molecule has 1 aromatic heterocycles. The smallest absolute Gasteiger partial charge is 0.272 e. The third kappa shape index (κ3) is 7.69. The SMILES string of the molecule is CN1C(=O)CCC(N2C(=O)c3ccc(OCCCCCN4CCC(n5ccc(C(=O)N[C@H]6C(C)(C)[C@H](Oc7ccc(C#N)c(Cl)c7)C6(C)C)n5)CC4)cc3C2=O)C1=O. The van der Waals surface area contributed by atoms with Crippen molar-refractivity contribution in [2.24, 2.45) is 10.8 Å². The summed E-state index contributed by atoms with van der Waals surface area (Å²) in [5.74, 6) is -1.07. The molecule has 1 N–H and O–H groups in total. The highest BCUT2D eigenvalue weighted by atomic mass is 35.5. The minimum atomic E-state index is -0.985. The number of halogens is 1. The Morgan fingerprint density at radius 3 is 2.34 bits per heavy atom. The first-order valence-electron chi connectivity index (χ1n) is 20.0. The Labute approximate surface area is 343 Å². The second kappa shape index (κ2) is 16.2. The number of benzene rings is 2. The number of fused-ring (bicyclic) bond motifs is 1. The molecule has 0 radical (unpaired) electrons. The van der Waals surface area contributed by atoms with Gasteiger partial charge in [0.05, 0.1) is 34.4 Å². The number of nitrogens with zero attached hydrogens (tertiary/aromatic N) is 6. The Morgan fingerprint density at radius 2 is 1.64 bits per heavy atom. The Bertz CT molecular complexity index is 2150. The summed E-state index contributed by atoms with van der Waals surface area (Å²) in [6, 6.07) is 12.8. The summed E-state index contributed by atoms with van der Waals surface area (Å²) < 4.78 is 14.2. The number of amides is 5. The lowest BCUT2D eigenvalue weighted by Gasteiger charge is -2.63. The molecule has 2 aromatic carbocycles. The summed E-state index contributed by atoms with van der Waals surface area (Å²) in [4.78, 5) is 68.7. The van der Waals surface area contributed by atoms with E-state index in [9.17, 15) is 29.2 Å². The Hall–Kier alpha value is -5.26. The van der Waals surface area contributed by atoms with Crippen LogP contribution in [-0.2, 0) is 9.59 Å². The van der Waals surface area contributed by atoms with Crippen LogP contribution in [0.2, 0.25) is 5.02 Å². The number of likely N-dealkylation sites (N-methyl/N-ethyl adjacent to an activating group) is 1. The van der Waals surface area contributed by atoms with E-state index in [1.54, 1.807) is 42.5 Å². The zero-order valence-corrected chi connectivity index (χ0v) is 34.4. The molecular weight excluding hydrogens is 762 g/mol. The highest BCUT2D eigenvalue weighted by Crippen LogP contribution is 2.55. The van der Waals surface area contributed by atoms with E-state index in [1.165, 1.54) is 7.05 Å². The molecule has 0 bridgehead atoms. The van der Waals surface area contributed by atoms with Gasteiger partial charge in [0.25, 0.3) is 23.6 Å². The first kappa shape index (κ1) is 40.9. The van der Waals surface area contributed by atoms with Crippen molar-refractivity contribution in [1.29, 1.82) is 5.26 Å². The molecule has 3 fully saturated rings. The number of hydrogen-bond acceptors (Lipinski definition) is 10. The number of hydrogen-bond donors (Lipinski definition) is 1. The fourth-order valence-electron chi connectivity index (χ4n) is 9.42. The molecule has 3 aliphatic heterocycles. The number of unbranched alkanes of at least 4 members (excludes halogenated alkanes) is 2. The molecule has 306 valence electrons. The molecular formula is C43H50ClN7O7. The predicted molar refractivity (Wildman–Crippen MR) is 213 cm³/mol. The average molecular weight is 812 g/mol. The Kier molecular flexibility index (Phi) is 11.4. The highest BCUT2D eigenvalue weighted by molar-refractivity contribution is 6.31. The van der Waals surface area contributed by atoms with Gasteiger partial charge in [0, 0.05) is 55.7 Å². The van der Waals surface area contributed by atoms with Crippen LogP contribution in [0.15, 0.2) is 48.7 Å². The second-order valence-electron chi connectivity index (χ2n) is 17.0. The molecule has 2 saturated heterocycles. The lowest BCUT2D eigenvalue weighted by molar-refractivity contribution is -0.164. The number of imide groups is 2. The van der Waals surface area contributed by atoms with E-state index in [0.717, 1.165) is 61.5 Å². The van der Waals surface area contributed by atoms with Gasteiger partial charge in [0.2, 0.25) is 5.91 Å². The predicted octanol–water partition coefficient (Wildman–Crippen LogP) is 5.65. The van der Waals surface area contributed by atoms with Crippen LogP contribution in [0.5, 0.6) is 11.5 Å². The van der Waals surface area contributed by atoms with Crippen LogP contribution in [0.3, 0.4) is 0 Å². The van der Waals surface area contributed by atoms with Crippen molar-refractivity contribution >= 4 is 41.1 Å². The first-order chi connectivity index (χ1) is 27.6. The molecule has 7 rings (SSSR count). The highest BCUT2D eigenvalue weighted by Gasteiger charge is 2.64. The van der Waals surface area contributed by atoms with E-state index in [1.807, 2.05) is 10.9 Å². The fourth-order valence-corrected chi connectivity index (χ4v) is 9.64. The molecule has 1 aliphatic carbocycles. The molecule has 1 atom stereocenters. The zero-order valence-electron chi connectivity index (χ0n) is 33.6. The molecule has 14 nitrogen and oxygen atoms in total. The van der Waals surface area contributed by atoms with Crippen molar-refractivity contribution in [3.63, 3.8) is 0 Å². The van der Waals surface area contributed by atoms with Gasteiger partial charge >= 0.3 is 0 Å². The van der Waals surface area contributed by atoms with E-state index in [2.05, 4.69) is 44.0 Å². The van der Waals surface area contributed by atoms with E-state index >= 15 is 0 Å². The van der Waals surface area contributed by atoms with Crippen LogP contribution in [0.1, 0.15) is 115 Å². The number of carbonyl (C=O) groups excluding carboxylic acids is 5. The van der Waals surface area contributed by atoms with Crippen LogP contribution < -0.4 is 14.8 Å². The summed E-state index contributed by atoms with van der Waals surface area (Å²) >= 11 is 6.24. The summed E-state index contributed by atoms with van der Waals surface area (Å²) in [5, 5.41) is 17.5. The molecule has 4 heterocycles. The quantitative estimate of drug-likeness (QED) is 0.168. The van der Waals surface area contributed by atoms with Gasteiger partial charge in [-0.2, -0.15) is 10.4 Å². The topological polar surface area (TPSA) is 167 Å². The van der Waals surface area contributed by atoms with Crippen LogP contribution in [0.25, 0.3) is 0 Å². The first-order valence-corrected chi connectivity index (χ1v) is 20.4. The molecule has 58 heavy (non-hydrogen) atoms. The van der Waals surface area contributed by atoms with Gasteiger partial charge in [-0.05, 0) is 81.5 Å². The minimum Gasteiger partial charge on any atom is -0.494 e. The largest absolute Gasteiger partial charge is 0.494 e. The van der Waals surface area contributed by atoms with E-state index in [-0.39, 0.29) is 64.8 Å². The van der Waals surface area contributed by atoms with E-state index in [0.29, 0.717) is 34.4 Å². The Morgan fingerprint density at radius 1 is 0.931 bits per heavy atom. The normalized spacial score (nSPS) is 23.0. The minimum absolute atomic E-state index is 0.0969. The molecule has 3 aromatic rings. The van der Waals surface area contributed by atoms with Crippen molar-refractivity contribution in [3.05, 3.63) is 76.1 Å². The van der Waals surface area contributed by atoms with E-state index < -0.39 is 23.8 Å². The summed E-state index contributed by atoms with van der Waals surface area (Å²) in [7, 11) is 1.37. The summed E-state index contributed by atoms with van der Waals surface area (Å²) in [5.41, 5.74) is 0.479.